The molecule has 0 saturated carbocycles. The maximum atomic E-state index is 12.5. The lowest BCUT2D eigenvalue weighted by molar-refractivity contribution is -0.130. The van der Waals surface area contributed by atoms with Crippen molar-refractivity contribution in [2.45, 2.75) is 38.3 Å². The Labute approximate surface area is 136 Å². The number of carbonyl (C=O) groups excluding carboxylic acids is 1. The minimum atomic E-state index is -0.775. The molecule has 1 aromatic heterocycles. The molecule has 126 valence electrons. The van der Waals surface area contributed by atoms with Gasteiger partial charge in [0.25, 0.3) is 0 Å². The van der Waals surface area contributed by atoms with Gasteiger partial charge in [-0.1, -0.05) is 0 Å². The number of halogens is 1. The molecular formula is C14H25ClN4O3. The average Bonchev–Trinajstić information content (AvgIpc) is 2.95. The molecule has 0 aliphatic carbocycles. The molecule has 0 bridgehead atoms. The smallest absolute Gasteiger partial charge is 0.247 e. The molecule has 2 rings (SSSR count). The summed E-state index contributed by atoms with van der Waals surface area (Å²) in [6.07, 6.45) is 5.02. The Hall–Kier alpha value is -1.31. The molecule has 0 radical (unpaired) electrons. The number of hydrogen-bond donors (Lipinski definition) is 2. The maximum Gasteiger partial charge on any atom is 0.247 e. The van der Waals surface area contributed by atoms with Crippen LogP contribution in [0.2, 0.25) is 0 Å². The van der Waals surface area contributed by atoms with Crippen molar-refractivity contribution in [1.82, 2.24) is 15.1 Å². The van der Waals surface area contributed by atoms with Crippen molar-refractivity contribution < 1.29 is 14.3 Å². The number of carbonyl (C=O) groups is 1. The standard InChI is InChI=1S/C14H24N4O3.ClH/c1-14(2,13(19)17-11-3-6-20-7-4-11)18-10-12(9-16-18)21-8-5-15;/h9-11H,3-8,15H2,1-2H3,(H,17,19);1H. The second-order valence-electron chi connectivity index (χ2n) is 5.68. The highest BCUT2D eigenvalue weighted by atomic mass is 35.5. The molecule has 0 unspecified atom stereocenters. The summed E-state index contributed by atoms with van der Waals surface area (Å²) < 4.78 is 12.3. The monoisotopic (exact) mass is 332 g/mol. The van der Waals surface area contributed by atoms with E-state index in [0.717, 1.165) is 12.8 Å². The molecule has 2 heterocycles. The van der Waals surface area contributed by atoms with E-state index in [-0.39, 0.29) is 24.4 Å². The second-order valence-corrected chi connectivity index (χ2v) is 5.68. The second kappa shape index (κ2) is 8.36. The van der Waals surface area contributed by atoms with Crippen molar-refractivity contribution >= 4 is 18.3 Å². The number of nitrogens with two attached hydrogens (primary N) is 1. The van der Waals surface area contributed by atoms with Gasteiger partial charge < -0.3 is 20.5 Å². The van der Waals surface area contributed by atoms with Gasteiger partial charge in [-0.25, -0.2) is 0 Å². The summed E-state index contributed by atoms with van der Waals surface area (Å²) >= 11 is 0. The van der Waals surface area contributed by atoms with Crippen LogP contribution in [0.25, 0.3) is 0 Å². The SMILES string of the molecule is CC(C)(C(=O)NC1CCOCC1)n1cc(OCCN)cn1.Cl. The third-order valence-corrected chi connectivity index (χ3v) is 3.63. The van der Waals surface area contributed by atoms with Gasteiger partial charge in [0.05, 0.1) is 12.4 Å². The lowest BCUT2D eigenvalue weighted by Crippen LogP contribution is -2.49. The summed E-state index contributed by atoms with van der Waals surface area (Å²) in [6.45, 7) is 5.94. The van der Waals surface area contributed by atoms with E-state index in [2.05, 4.69) is 10.4 Å². The van der Waals surface area contributed by atoms with Gasteiger partial charge >= 0.3 is 0 Å². The van der Waals surface area contributed by atoms with Gasteiger partial charge in [0.1, 0.15) is 12.1 Å². The predicted molar refractivity (Wildman–Crippen MR) is 85.3 cm³/mol. The molecule has 7 nitrogen and oxygen atoms in total. The van der Waals surface area contributed by atoms with E-state index in [1.165, 1.54) is 0 Å². The van der Waals surface area contributed by atoms with E-state index >= 15 is 0 Å². The van der Waals surface area contributed by atoms with Crippen LogP contribution in [-0.4, -0.2) is 48.1 Å². The van der Waals surface area contributed by atoms with Gasteiger partial charge in [0.15, 0.2) is 5.75 Å². The molecule has 3 N–H and O–H groups in total. The first-order valence-corrected chi connectivity index (χ1v) is 7.31. The molecule has 1 saturated heterocycles. The number of nitrogens with zero attached hydrogens (tertiary/aromatic N) is 2. The van der Waals surface area contributed by atoms with E-state index in [1.54, 1.807) is 17.1 Å². The third-order valence-electron chi connectivity index (χ3n) is 3.63. The van der Waals surface area contributed by atoms with Crippen LogP contribution in [0, 0.1) is 0 Å². The van der Waals surface area contributed by atoms with Crippen LogP contribution in [0.5, 0.6) is 5.75 Å². The average molecular weight is 333 g/mol. The molecule has 1 aliphatic rings. The van der Waals surface area contributed by atoms with Gasteiger partial charge in [-0.3, -0.25) is 9.48 Å². The molecule has 1 aromatic rings. The van der Waals surface area contributed by atoms with Crippen LogP contribution in [0.3, 0.4) is 0 Å². The summed E-state index contributed by atoms with van der Waals surface area (Å²) in [5, 5.41) is 7.29. The molecule has 1 amide bonds. The Bertz CT molecular complexity index is 472. The van der Waals surface area contributed by atoms with Crippen molar-refractivity contribution in [2.24, 2.45) is 5.73 Å². The quantitative estimate of drug-likeness (QED) is 0.799. The van der Waals surface area contributed by atoms with Crippen molar-refractivity contribution in [1.29, 1.82) is 0 Å². The van der Waals surface area contributed by atoms with Crippen molar-refractivity contribution in [3.05, 3.63) is 12.4 Å². The van der Waals surface area contributed by atoms with E-state index in [4.69, 9.17) is 15.2 Å². The highest BCUT2D eigenvalue weighted by molar-refractivity contribution is 5.85. The first kappa shape index (κ1) is 18.7. The highest BCUT2D eigenvalue weighted by Crippen LogP contribution is 2.19. The minimum absolute atomic E-state index is 0. The number of nitrogens with one attached hydrogen (secondary N) is 1. The van der Waals surface area contributed by atoms with Gasteiger partial charge in [0, 0.05) is 25.8 Å². The molecule has 8 heteroatoms. The van der Waals surface area contributed by atoms with Gasteiger partial charge in [0.2, 0.25) is 5.91 Å². The third kappa shape index (κ3) is 4.59. The largest absolute Gasteiger partial charge is 0.489 e. The van der Waals surface area contributed by atoms with E-state index in [0.29, 0.717) is 32.1 Å². The van der Waals surface area contributed by atoms with Crippen LogP contribution in [0.1, 0.15) is 26.7 Å². The van der Waals surface area contributed by atoms with Crippen molar-refractivity contribution in [3.8, 4) is 5.75 Å². The van der Waals surface area contributed by atoms with Crippen LogP contribution >= 0.6 is 12.4 Å². The van der Waals surface area contributed by atoms with E-state index in [1.807, 2.05) is 13.8 Å². The molecule has 22 heavy (non-hydrogen) atoms. The number of amides is 1. The van der Waals surface area contributed by atoms with Crippen LogP contribution in [0.4, 0.5) is 0 Å². The zero-order chi connectivity index (χ0) is 15.3. The Balaban J connectivity index is 0.00000242. The molecule has 0 aromatic carbocycles. The highest BCUT2D eigenvalue weighted by Gasteiger charge is 2.32. The topological polar surface area (TPSA) is 91.4 Å². The zero-order valence-electron chi connectivity index (χ0n) is 13.1. The van der Waals surface area contributed by atoms with E-state index < -0.39 is 5.54 Å². The normalized spacial score (nSPS) is 16.0. The number of aromatic nitrogens is 2. The molecule has 1 fully saturated rings. The van der Waals surface area contributed by atoms with Gasteiger partial charge in [-0.2, -0.15) is 5.10 Å². The first-order valence-electron chi connectivity index (χ1n) is 7.31. The predicted octanol–water partition coefficient (Wildman–Crippen LogP) is 0.673. The summed E-state index contributed by atoms with van der Waals surface area (Å²) in [4.78, 5) is 12.5. The number of rotatable bonds is 6. The lowest BCUT2D eigenvalue weighted by Gasteiger charge is -2.29. The van der Waals surface area contributed by atoms with E-state index in [9.17, 15) is 4.79 Å². The summed E-state index contributed by atoms with van der Waals surface area (Å²) in [6, 6.07) is 0.175. The Kier molecular flexibility index (Phi) is 7.12. The van der Waals surface area contributed by atoms with Crippen LogP contribution in [0.15, 0.2) is 12.4 Å². The fourth-order valence-corrected chi connectivity index (χ4v) is 2.17. The molecule has 0 spiro atoms. The Morgan fingerprint density at radius 1 is 1.55 bits per heavy atom. The zero-order valence-corrected chi connectivity index (χ0v) is 13.9. The van der Waals surface area contributed by atoms with Crippen molar-refractivity contribution in [2.75, 3.05) is 26.4 Å². The summed E-state index contributed by atoms with van der Waals surface area (Å²) in [5.41, 5.74) is 4.62. The van der Waals surface area contributed by atoms with Crippen LogP contribution < -0.4 is 15.8 Å². The molecular weight excluding hydrogens is 308 g/mol. The van der Waals surface area contributed by atoms with Crippen LogP contribution in [-0.2, 0) is 15.1 Å². The molecule has 1 aliphatic heterocycles. The van der Waals surface area contributed by atoms with Gasteiger partial charge in [-0.15, -0.1) is 12.4 Å². The van der Waals surface area contributed by atoms with Gasteiger partial charge in [-0.05, 0) is 26.7 Å². The Morgan fingerprint density at radius 2 is 2.23 bits per heavy atom. The Morgan fingerprint density at radius 3 is 2.86 bits per heavy atom. The number of ether oxygens (including phenoxy) is 2. The van der Waals surface area contributed by atoms with Crippen molar-refractivity contribution in [3.63, 3.8) is 0 Å². The summed E-state index contributed by atoms with van der Waals surface area (Å²) in [7, 11) is 0. The fraction of sp³-hybridized carbons (Fsp3) is 0.714. The minimum Gasteiger partial charge on any atom is -0.489 e. The molecule has 0 atom stereocenters. The lowest BCUT2D eigenvalue weighted by atomic mass is 10.0. The maximum absolute atomic E-state index is 12.5. The fourth-order valence-electron chi connectivity index (χ4n) is 2.17. The number of hydrogen-bond acceptors (Lipinski definition) is 5. The first-order chi connectivity index (χ1) is 10.0. The summed E-state index contributed by atoms with van der Waals surface area (Å²) in [5.74, 6) is 0.565.